The monoisotopic (exact) mass is 434 g/mol. The van der Waals surface area contributed by atoms with Crippen LogP contribution in [0.5, 0.6) is 0 Å². The SMILES string of the molecule is CN(C[C@@H]1CCCN(C(=O)NC[C@H](c2ccco2)N2CCCC2)C1)C(=O)OC(C)(C)C. The number of rotatable bonds is 6. The molecule has 0 aromatic carbocycles. The Bertz CT molecular complexity index is 710. The van der Waals surface area contributed by atoms with Crippen LogP contribution < -0.4 is 5.32 Å². The summed E-state index contributed by atoms with van der Waals surface area (Å²) in [6.07, 6.45) is 5.68. The van der Waals surface area contributed by atoms with E-state index in [1.165, 1.54) is 12.8 Å². The molecule has 2 atom stereocenters. The van der Waals surface area contributed by atoms with Crippen LogP contribution in [-0.4, -0.2) is 78.7 Å². The number of piperidine rings is 1. The first-order valence-electron chi connectivity index (χ1n) is 11.5. The molecule has 2 aliphatic rings. The third-order valence-corrected chi connectivity index (χ3v) is 5.94. The molecule has 31 heavy (non-hydrogen) atoms. The highest BCUT2D eigenvalue weighted by molar-refractivity contribution is 5.74. The molecule has 2 saturated heterocycles. The molecular weight excluding hydrogens is 396 g/mol. The Kier molecular flexibility index (Phi) is 7.86. The molecule has 0 spiro atoms. The fourth-order valence-electron chi connectivity index (χ4n) is 4.44. The summed E-state index contributed by atoms with van der Waals surface area (Å²) in [5.41, 5.74) is -0.510. The fraction of sp³-hybridized carbons (Fsp3) is 0.739. The normalized spacial score (nSPS) is 21.0. The van der Waals surface area contributed by atoms with Crippen LogP contribution in [0.3, 0.4) is 0 Å². The van der Waals surface area contributed by atoms with Crippen molar-refractivity contribution < 1.29 is 18.7 Å². The van der Waals surface area contributed by atoms with E-state index >= 15 is 0 Å². The molecule has 3 amide bonds. The van der Waals surface area contributed by atoms with Crippen LogP contribution in [-0.2, 0) is 4.74 Å². The lowest BCUT2D eigenvalue weighted by Gasteiger charge is -2.35. The van der Waals surface area contributed by atoms with E-state index in [1.807, 2.05) is 37.8 Å². The van der Waals surface area contributed by atoms with E-state index in [0.717, 1.165) is 38.2 Å². The highest BCUT2D eigenvalue weighted by atomic mass is 16.6. The van der Waals surface area contributed by atoms with Gasteiger partial charge in [0, 0.05) is 33.2 Å². The molecule has 1 N–H and O–H groups in total. The van der Waals surface area contributed by atoms with E-state index in [4.69, 9.17) is 9.15 Å². The van der Waals surface area contributed by atoms with Crippen molar-refractivity contribution in [3.63, 3.8) is 0 Å². The molecule has 174 valence electrons. The van der Waals surface area contributed by atoms with Gasteiger partial charge in [0.2, 0.25) is 0 Å². The van der Waals surface area contributed by atoms with Crippen molar-refractivity contribution >= 4 is 12.1 Å². The zero-order chi connectivity index (χ0) is 22.4. The molecule has 0 unspecified atom stereocenters. The van der Waals surface area contributed by atoms with Crippen molar-refractivity contribution in [2.45, 2.75) is 58.1 Å². The molecule has 0 bridgehead atoms. The molecule has 0 radical (unpaired) electrons. The smallest absolute Gasteiger partial charge is 0.410 e. The minimum Gasteiger partial charge on any atom is -0.468 e. The maximum atomic E-state index is 12.9. The molecule has 3 heterocycles. The Morgan fingerprint density at radius 2 is 2.00 bits per heavy atom. The van der Waals surface area contributed by atoms with Gasteiger partial charge < -0.3 is 24.3 Å². The van der Waals surface area contributed by atoms with Crippen molar-refractivity contribution in [1.82, 2.24) is 20.0 Å². The van der Waals surface area contributed by atoms with Gasteiger partial charge in [-0.15, -0.1) is 0 Å². The van der Waals surface area contributed by atoms with Gasteiger partial charge in [-0.3, -0.25) is 4.90 Å². The lowest BCUT2D eigenvalue weighted by molar-refractivity contribution is 0.0252. The summed E-state index contributed by atoms with van der Waals surface area (Å²) >= 11 is 0. The molecule has 1 aromatic heterocycles. The van der Waals surface area contributed by atoms with E-state index in [0.29, 0.717) is 19.6 Å². The maximum absolute atomic E-state index is 12.9. The Balaban J connectivity index is 1.50. The average Bonchev–Trinajstić information content (AvgIpc) is 3.41. The van der Waals surface area contributed by atoms with Gasteiger partial charge in [-0.2, -0.15) is 0 Å². The van der Waals surface area contributed by atoms with Crippen LogP contribution in [0.25, 0.3) is 0 Å². The van der Waals surface area contributed by atoms with Gasteiger partial charge >= 0.3 is 12.1 Å². The summed E-state index contributed by atoms with van der Waals surface area (Å²) in [5, 5.41) is 3.13. The van der Waals surface area contributed by atoms with E-state index in [-0.39, 0.29) is 24.1 Å². The van der Waals surface area contributed by atoms with Crippen molar-refractivity contribution in [2.75, 3.05) is 46.3 Å². The second kappa shape index (κ2) is 10.4. The van der Waals surface area contributed by atoms with Crippen LogP contribution in [0.15, 0.2) is 22.8 Å². The summed E-state index contributed by atoms with van der Waals surface area (Å²) in [6.45, 7) is 10.2. The van der Waals surface area contributed by atoms with Gasteiger partial charge in [0.25, 0.3) is 0 Å². The standard InChI is InChI=1S/C23H38N4O4/c1-23(2,3)31-22(29)25(4)16-18-9-7-13-27(17-18)21(28)24-15-19(20-10-8-14-30-20)26-11-5-6-12-26/h8,10,14,18-19H,5-7,9,11-13,15-17H2,1-4H3,(H,24,28)/t18-,19+/m0/s1. The van der Waals surface area contributed by atoms with Crippen LogP contribution in [0.4, 0.5) is 9.59 Å². The Morgan fingerprint density at radius 3 is 2.65 bits per heavy atom. The number of urea groups is 1. The molecule has 3 rings (SSSR count). The second-order valence-corrected chi connectivity index (χ2v) is 9.78. The molecule has 0 aliphatic carbocycles. The van der Waals surface area contributed by atoms with E-state index < -0.39 is 5.60 Å². The number of likely N-dealkylation sites (tertiary alicyclic amines) is 2. The highest BCUT2D eigenvalue weighted by Crippen LogP contribution is 2.25. The molecule has 1 aromatic rings. The summed E-state index contributed by atoms with van der Waals surface area (Å²) in [7, 11) is 1.76. The number of carbonyl (C=O) groups excluding carboxylic acids is 2. The number of carbonyl (C=O) groups is 2. The minimum atomic E-state index is -0.510. The van der Waals surface area contributed by atoms with E-state index in [9.17, 15) is 9.59 Å². The molecule has 8 nitrogen and oxygen atoms in total. The zero-order valence-electron chi connectivity index (χ0n) is 19.4. The minimum absolute atomic E-state index is 0.0413. The van der Waals surface area contributed by atoms with Crippen LogP contribution in [0.1, 0.15) is 58.3 Å². The maximum Gasteiger partial charge on any atom is 0.410 e. The van der Waals surface area contributed by atoms with Crippen molar-refractivity contribution in [3.05, 3.63) is 24.2 Å². The summed E-state index contributed by atoms with van der Waals surface area (Å²) in [4.78, 5) is 31.0. The topological polar surface area (TPSA) is 78.3 Å². The third kappa shape index (κ3) is 6.89. The van der Waals surface area contributed by atoms with Crippen LogP contribution in [0, 0.1) is 5.92 Å². The third-order valence-electron chi connectivity index (χ3n) is 5.94. The molecule has 2 aliphatic heterocycles. The molecular formula is C23H38N4O4. The zero-order valence-corrected chi connectivity index (χ0v) is 19.4. The van der Waals surface area contributed by atoms with Crippen LogP contribution in [0.2, 0.25) is 0 Å². The summed E-state index contributed by atoms with van der Waals surface area (Å²) in [6, 6.07) is 3.91. The molecule has 2 fully saturated rings. The number of nitrogens with zero attached hydrogens (tertiary/aromatic N) is 3. The highest BCUT2D eigenvalue weighted by Gasteiger charge is 2.29. The number of nitrogens with one attached hydrogen (secondary N) is 1. The summed E-state index contributed by atoms with van der Waals surface area (Å²) in [5.74, 6) is 1.15. The van der Waals surface area contributed by atoms with Gasteiger partial charge in [-0.05, 0) is 77.6 Å². The van der Waals surface area contributed by atoms with Gasteiger partial charge in [-0.1, -0.05) is 0 Å². The predicted octanol–water partition coefficient (Wildman–Crippen LogP) is 3.71. The van der Waals surface area contributed by atoms with E-state index in [2.05, 4.69) is 10.2 Å². The van der Waals surface area contributed by atoms with Crippen LogP contribution >= 0.6 is 0 Å². The van der Waals surface area contributed by atoms with Gasteiger partial charge in [0.1, 0.15) is 11.4 Å². The lowest BCUT2D eigenvalue weighted by atomic mass is 9.98. The first-order valence-corrected chi connectivity index (χ1v) is 11.5. The molecule has 0 saturated carbocycles. The Morgan fingerprint density at radius 1 is 1.26 bits per heavy atom. The van der Waals surface area contributed by atoms with Gasteiger partial charge in [-0.25, -0.2) is 9.59 Å². The molecule has 8 heteroatoms. The number of furan rings is 1. The quantitative estimate of drug-likeness (QED) is 0.739. The number of amides is 3. The fourth-order valence-corrected chi connectivity index (χ4v) is 4.44. The van der Waals surface area contributed by atoms with Gasteiger partial charge in [0.15, 0.2) is 0 Å². The first kappa shape index (κ1) is 23.4. The van der Waals surface area contributed by atoms with Crippen molar-refractivity contribution in [2.24, 2.45) is 5.92 Å². The lowest BCUT2D eigenvalue weighted by Crippen LogP contribution is -2.49. The Hall–Kier alpha value is -2.22. The number of ether oxygens (including phenoxy) is 1. The number of hydrogen-bond donors (Lipinski definition) is 1. The van der Waals surface area contributed by atoms with Crippen molar-refractivity contribution in [3.8, 4) is 0 Å². The second-order valence-electron chi connectivity index (χ2n) is 9.78. The predicted molar refractivity (Wildman–Crippen MR) is 119 cm³/mol. The first-order chi connectivity index (χ1) is 14.7. The van der Waals surface area contributed by atoms with Crippen molar-refractivity contribution in [1.29, 1.82) is 0 Å². The summed E-state index contributed by atoms with van der Waals surface area (Å²) < 4.78 is 11.1. The Labute approximate surface area is 185 Å². The average molecular weight is 435 g/mol. The largest absolute Gasteiger partial charge is 0.468 e. The van der Waals surface area contributed by atoms with E-state index in [1.54, 1.807) is 18.2 Å². The van der Waals surface area contributed by atoms with Gasteiger partial charge in [0.05, 0.1) is 12.3 Å². The number of hydrogen-bond acceptors (Lipinski definition) is 5.